The van der Waals surface area contributed by atoms with Gasteiger partial charge in [-0.2, -0.15) is 8.78 Å². The van der Waals surface area contributed by atoms with Crippen LogP contribution in [0.3, 0.4) is 0 Å². The van der Waals surface area contributed by atoms with Crippen LogP contribution in [0.25, 0.3) is 0 Å². The van der Waals surface area contributed by atoms with Gasteiger partial charge in [0, 0.05) is 11.9 Å². The number of hydrogen-bond acceptors (Lipinski definition) is 3. The Morgan fingerprint density at radius 2 is 2.00 bits per heavy atom. The SMILES string of the molecule is C=C(Nc1ccc(OC(F)F)cc1)C(C)=N/C=C\C. The number of nitrogens with zero attached hydrogens (tertiary/aromatic N) is 1. The highest BCUT2D eigenvalue weighted by atomic mass is 19.3. The number of ether oxygens (including phenoxy) is 1. The van der Waals surface area contributed by atoms with Crippen LogP contribution in [0.4, 0.5) is 14.5 Å². The Hall–Kier alpha value is -2.17. The van der Waals surface area contributed by atoms with E-state index in [2.05, 4.69) is 21.6 Å². The van der Waals surface area contributed by atoms with Crippen LogP contribution < -0.4 is 10.1 Å². The van der Waals surface area contributed by atoms with Gasteiger partial charge in [0.15, 0.2) is 0 Å². The fourth-order valence-corrected chi connectivity index (χ4v) is 1.25. The Labute approximate surface area is 111 Å². The topological polar surface area (TPSA) is 33.6 Å². The molecule has 1 aromatic carbocycles. The minimum absolute atomic E-state index is 0.116. The molecule has 5 heteroatoms. The van der Waals surface area contributed by atoms with Crippen molar-refractivity contribution < 1.29 is 13.5 Å². The second kappa shape index (κ2) is 7.31. The minimum Gasteiger partial charge on any atom is -0.435 e. The molecule has 0 amide bonds. The summed E-state index contributed by atoms with van der Waals surface area (Å²) in [6, 6.07) is 6.18. The first-order valence-electron chi connectivity index (χ1n) is 5.69. The molecule has 0 aliphatic carbocycles. The number of aliphatic imine (C=N–C) groups is 1. The molecule has 0 aliphatic rings. The van der Waals surface area contributed by atoms with E-state index in [0.717, 1.165) is 11.4 Å². The van der Waals surface area contributed by atoms with Gasteiger partial charge in [-0.05, 0) is 38.1 Å². The molecular weight excluding hydrogens is 250 g/mol. The van der Waals surface area contributed by atoms with Crippen LogP contribution in [-0.2, 0) is 0 Å². The number of allylic oxidation sites excluding steroid dienone is 2. The molecule has 0 bridgehead atoms. The monoisotopic (exact) mass is 266 g/mol. The van der Waals surface area contributed by atoms with Crippen molar-refractivity contribution in [3.05, 3.63) is 48.8 Å². The zero-order chi connectivity index (χ0) is 14.3. The van der Waals surface area contributed by atoms with E-state index in [1.807, 2.05) is 19.9 Å². The first-order chi connectivity index (χ1) is 9.02. The van der Waals surface area contributed by atoms with Gasteiger partial charge in [0.2, 0.25) is 0 Å². The third-order valence-corrected chi connectivity index (χ3v) is 2.23. The van der Waals surface area contributed by atoms with Crippen LogP contribution in [0.15, 0.2) is 53.8 Å². The molecular formula is C14H16F2N2O. The molecule has 0 saturated carbocycles. The molecule has 0 fully saturated rings. The second-order valence-electron chi connectivity index (χ2n) is 3.70. The summed E-state index contributed by atoms with van der Waals surface area (Å²) in [5, 5.41) is 3.03. The predicted molar refractivity (Wildman–Crippen MR) is 73.8 cm³/mol. The maximum absolute atomic E-state index is 12.0. The number of hydrogen-bond donors (Lipinski definition) is 1. The van der Waals surface area contributed by atoms with E-state index >= 15 is 0 Å². The van der Waals surface area contributed by atoms with Gasteiger partial charge in [-0.25, -0.2) is 0 Å². The van der Waals surface area contributed by atoms with E-state index in [9.17, 15) is 8.78 Å². The predicted octanol–water partition coefficient (Wildman–Crippen LogP) is 4.21. The van der Waals surface area contributed by atoms with E-state index in [1.54, 1.807) is 18.3 Å². The van der Waals surface area contributed by atoms with Gasteiger partial charge in [0.25, 0.3) is 0 Å². The van der Waals surface area contributed by atoms with Crippen molar-refractivity contribution in [1.29, 1.82) is 0 Å². The third kappa shape index (κ3) is 5.33. The summed E-state index contributed by atoms with van der Waals surface area (Å²) in [5.74, 6) is 0.116. The first-order valence-corrected chi connectivity index (χ1v) is 5.69. The van der Waals surface area contributed by atoms with Crippen LogP contribution in [0.1, 0.15) is 13.8 Å². The highest BCUT2D eigenvalue weighted by Gasteiger charge is 2.04. The average molecular weight is 266 g/mol. The summed E-state index contributed by atoms with van der Waals surface area (Å²) in [7, 11) is 0. The smallest absolute Gasteiger partial charge is 0.387 e. The van der Waals surface area contributed by atoms with Gasteiger partial charge < -0.3 is 10.1 Å². The van der Waals surface area contributed by atoms with Crippen LogP contribution in [0.2, 0.25) is 0 Å². The molecule has 0 spiro atoms. The quantitative estimate of drug-likeness (QED) is 0.782. The van der Waals surface area contributed by atoms with Crippen molar-refractivity contribution in [2.75, 3.05) is 5.32 Å². The molecule has 0 unspecified atom stereocenters. The van der Waals surface area contributed by atoms with Crippen LogP contribution in [0.5, 0.6) is 5.75 Å². The number of nitrogens with one attached hydrogen (secondary N) is 1. The number of benzene rings is 1. The molecule has 0 radical (unpaired) electrons. The standard InChI is InChI=1S/C14H16F2N2O/c1-4-9-17-10(2)11(3)18-12-5-7-13(8-6-12)19-14(15)16/h4-9,14,18H,3H2,1-2H3/b9-4-,17-10?. The highest BCUT2D eigenvalue weighted by molar-refractivity contribution is 6.00. The van der Waals surface area contributed by atoms with E-state index in [1.165, 1.54) is 12.1 Å². The van der Waals surface area contributed by atoms with Crippen molar-refractivity contribution in [2.45, 2.75) is 20.5 Å². The summed E-state index contributed by atoms with van der Waals surface area (Å²) < 4.78 is 28.2. The molecule has 102 valence electrons. The Balaban J connectivity index is 2.65. The number of rotatable bonds is 6. The maximum Gasteiger partial charge on any atom is 0.387 e. The lowest BCUT2D eigenvalue weighted by Crippen LogP contribution is -2.07. The number of halogens is 2. The van der Waals surface area contributed by atoms with Crippen molar-refractivity contribution >= 4 is 11.4 Å². The highest BCUT2D eigenvalue weighted by Crippen LogP contribution is 2.18. The molecule has 0 aromatic heterocycles. The molecule has 0 heterocycles. The van der Waals surface area contributed by atoms with Gasteiger partial charge in [-0.1, -0.05) is 12.7 Å². The van der Waals surface area contributed by atoms with Crippen molar-refractivity contribution in [2.24, 2.45) is 4.99 Å². The zero-order valence-corrected chi connectivity index (χ0v) is 10.9. The molecule has 3 nitrogen and oxygen atoms in total. The minimum atomic E-state index is -2.82. The largest absolute Gasteiger partial charge is 0.435 e. The van der Waals surface area contributed by atoms with Gasteiger partial charge in [-0.3, -0.25) is 4.99 Å². The number of anilines is 1. The molecule has 1 aromatic rings. The van der Waals surface area contributed by atoms with Crippen molar-refractivity contribution in [3.63, 3.8) is 0 Å². The normalized spacial score (nSPS) is 11.9. The first kappa shape index (κ1) is 14.9. The van der Waals surface area contributed by atoms with Gasteiger partial charge >= 0.3 is 6.61 Å². The van der Waals surface area contributed by atoms with E-state index in [-0.39, 0.29) is 5.75 Å². The number of alkyl halides is 2. The lowest BCUT2D eigenvalue weighted by molar-refractivity contribution is -0.0498. The fourth-order valence-electron chi connectivity index (χ4n) is 1.25. The molecule has 1 N–H and O–H groups in total. The summed E-state index contributed by atoms with van der Waals surface area (Å²) in [6.45, 7) is 4.72. The van der Waals surface area contributed by atoms with Crippen LogP contribution in [-0.4, -0.2) is 12.3 Å². The second-order valence-corrected chi connectivity index (χ2v) is 3.70. The fraction of sp³-hybridized carbons (Fsp3) is 0.214. The summed E-state index contributed by atoms with van der Waals surface area (Å²) in [5.41, 5.74) is 2.10. The molecule has 19 heavy (non-hydrogen) atoms. The Morgan fingerprint density at radius 1 is 1.37 bits per heavy atom. The Kier molecular flexibility index (Phi) is 5.73. The van der Waals surface area contributed by atoms with Gasteiger partial charge in [0.05, 0.1) is 11.4 Å². The lowest BCUT2D eigenvalue weighted by Gasteiger charge is -2.10. The zero-order valence-electron chi connectivity index (χ0n) is 10.9. The van der Waals surface area contributed by atoms with E-state index in [0.29, 0.717) is 5.70 Å². The molecule has 1 rings (SSSR count). The maximum atomic E-state index is 12.0. The molecule has 0 saturated heterocycles. The average Bonchev–Trinajstić information content (AvgIpc) is 2.37. The Morgan fingerprint density at radius 3 is 2.53 bits per heavy atom. The molecule has 0 aliphatic heterocycles. The van der Waals surface area contributed by atoms with E-state index < -0.39 is 6.61 Å². The third-order valence-electron chi connectivity index (χ3n) is 2.23. The van der Waals surface area contributed by atoms with E-state index in [4.69, 9.17) is 0 Å². The summed E-state index contributed by atoms with van der Waals surface area (Å²) in [6.07, 6.45) is 3.48. The van der Waals surface area contributed by atoms with Gasteiger partial charge in [-0.15, -0.1) is 0 Å². The summed E-state index contributed by atoms with van der Waals surface area (Å²) >= 11 is 0. The summed E-state index contributed by atoms with van der Waals surface area (Å²) in [4.78, 5) is 4.15. The Bertz CT molecular complexity index is 479. The van der Waals surface area contributed by atoms with Crippen molar-refractivity contribution in [3.8, 4) is 5.75 Å². The van der Waals surface area contributed by atoms with Gasteiger partial charge in [0.1, 0.15) is 5.75 Å². The molecule has 0 atom stereocenters. The van der Waals surface area contributed by atoms with Crippen LogP contribution in [0, 0.1) is 0 Å². The lowest BCUT2D eigenvalue weighted by atomic mass is 10.2. The van der Waals surface area contributed by atoms with Crippen LogP contribution >= 0.6 is 0 Å². The van der Waals surface area contributed by atoms with Crippen molar-refractivity contribution in [1.82, 2.24) is 0 Å².